The fourth-order valence-corrected chi connectivity index (χ4v) is 2.94. The van der Waals surface area contributed by atoms with Crippen LogP contribution >= 0.6 is 22.9 Å². The van der Waals surface area contributed by atoms with Crippen molar-refractivity contribution in [3.63, 3.8) is 0 Å². The van der Waals surface area contributed by atoms with Crippen molar-refractivity contribution >= 4 is 34.3 Å². The predicted octanol–water partition coefficient (Wildman–Crippen LogP) is 5.70. The maximum atomic E-state index is 5.91. The van der Waals surface area contributed by atoms with Gasteiger partial charge in [-0.2, -0.15) is 5.10 Å². The lowest BCUT2D eigenvalue weighted by atomic mass is 10.2. The summed E-state index contributed by atoms with van der Waals surface area (Å²) in [6, 6.07) is 15.4. The molecule has 0 saturated carbocycles. The van der Waals surface area contributed by atoms with Gasteiger partial charge in [0.15, 0.2) is 0 Å². The van der Waals surface area contributed by atoms with Crippen LogP contribution in [0.2, 0.25) is 5.02 Å². The van der Waals surface area contributed by atoms with Crippen LogP contribution in [0.4, 0.5) is 5.13 Å². The molecule has 0 bridgehead atoms. The molecule has 0 spiro atoms. The van der Waals surface area contributed by atoms with E-state index in [0.29, 0.717) is 5.02 Å². The van der Waals surface area contributed by atoms with E-state index in [1.807, 2.05) is 67.8 Å². The zero-order chi connectivity index (χ0) is 17.6. The van der Waals surface area contributed by atoms with E-state index in [-0.39, 0.29) is 6.10 Å². The van der Waals surface area contributed by atoms with Gasteiger partial charge in [0.1, 0.15) is 5.75 Å². The van der Waals surface area contributed by atoms with Gasteiger partial charge in [0.2, 0.25) is 5.13 Å². The Hall–Kier alpha value is -2.37. The molecule has 0 fully saturated rings. The number of benzene rings is 2. The molecule has 0 atom stereocenters. The number of rotatable bonds is 6. The highest BCUT2D eigenvalue weighted by Gasteiger charge is 2.03. The van der Waals surface area contributed by atoms with E-state index < -0.39 is 0 Å². The molecule has 0 saturated heterocycles. The Labute approximate surface area is 156 Å². The van der Waals surface area contributed by atoms with Gasteiger partial charge in [-0.05, 0) is 55.8 Å². The van der Waals surface area contributed by atoms with Crippen LogP contribution in [-0.2, 0) is 0 Å². The summed E-state index contributed by atoms with van der Waals surface area (Å²) >= 11 is 7.41. The summed E-state index contributed by atoms with van der Waals surface area (Å²) in [6.45, 7) is 4.01. The molecule has 4 nitrogen and oxygen atoms in total. The number of aromatic nitrogens is 1. The first-order valence-corrected chi connectivity index (χ1v) is 9.13. The van der Waals surface area contributed by atoms with Gasteiger partial charge in [-0.1, -0.05) is 23.7 Å². The maximum Gasteiger partial charge on any atom is 0.203 e. The molecular formula is C19H18ClN3OS. The summed E-state index contributed by atoms with van der Waals surface area (Å²) < 4.78 is 5.62. The number of nitrogens with zero attached hydrogens (tertiary/aromatic N) is 2. The first-order chi connectivity index (χ1) is 12.1. The zero-order valence-electron chi connectivity index (χ0n) is 13.9. The van der Waals surface area contributed by atoms with Gasteiger partial charge >= 0.3 is 0 Å². The van der Waals surface area contributed by atoms with Gasteiger partial charge in [-0.15, -0.1) is 11.3 Å². The lowest BCUT2D eigenvalue weighted by Crippen LogP contribution is -2.05. The zero-order valence-corrected chi connectivity index (χ0v) is 15.5. The number of halogens is 1. The van der Waals surface area contributed by atoms with Crippen LogP contribution in [0.5, 0.6) is 5.75 Å². The molecule has 1 heterocycles. The molecule has 0 aliphatic carbocycles. The van der Waals surface area contributed by atoms with Gasteiger partial charge in [-0.3, -0.25) is 5.43 Å². The van der Waals surface area contributed by atoms with E-state index in [1.165, 1.54) is 11.3 Å². The Morgan fingerprint density at radius 2 is 1.84 bits per heavy atom. The number of nitrogens with one attached hydrogen (secondary N) is 1. The fourth-order valence-electron chi connectivity index (χ4n) is 2.14. The summed E-state index contributed by atoms with van der Waals surface area (Å²) in [5.74, 6) is 0.854. The first-order valence-electron chi connectivity index (χ1n) is 7.87. The van der Waals surface area contributed by atoms with Crippen LogP contribution in [0.1, 0.15) is 19.4 Å². The van der Waals surface area contributed by atoms with Gasteiger partial charge in [0.25, 0.3) is 0 Å². The number of thiazole rings is 1. The minimum atomic E-state index is 0.168. The Balaban J connectivity index is 1.60. The number of hydrogen-bond acceptors (Lipinski definition) is 5. The molecule has 1 N–H and O–H groups in total. The van der Waals surface area contributed by atoms with E-state index in [1.54, 1.807) is 6.21 Å². The normalized spacial score (nSPS) is 11.2. The van der Waals surface area contributed by atoms with Crippen molar-refractivity contribution in [2.24, 2.45) is 5.10 Å². The third-order valence-corrected chi connectivity index (χ3v) is 4.27. The Bertz CT molecular complexity index is 842. The monoisotopic (exact) mass is 371 g/mol. The van der Waals surface area contributed by atoms with Crippen molar-refractivity contribution in [1.82, 2.24) is 4.98 Å². The smallest absolute Gasteiger partial charge is 0.203 e. The Kier molecular flexibility index (Phi) is 5.68. The van der Waals surface area contributed by atoms with Crippen molar-refractivity contribution in [3.8, 4) is 17.0 Å². The van der Waals surface area contributed by atoms with Gasteiger partial charge in [-0.25, -0.2) is 4.98 Å². The molecule has 0 aliphatic rings. The molecule has 25 heavy (non-hydrogen) atoms. The molecule has 3 rings (SSSR count). The summed E-state index contributed by atoms with van der Waals surface area (Å²) in [4.78, 5) is 4.52. The quantitative estimate of drug-likeness (QED) is 0.446. The van der Waals surface area contributed by atoms with Crippen molar-refractivity contribution in [2.75, 3.05) is 5.43 Å². The van der Waals surface area contributed by atoms with Crippen molar-refractivity contribution in [2.45, 2.75) is 20.0 Å². The van der Waals surface area contributed by atoms with Gasteiger partial charge in [0, 0.05) is 16.0 Å². The second-order valence-electron chi connectivity index (χ2n) is 5.65. The topological polar surface area (TPSA) is 46.5 Å². The molecule has 6 heteroatoms. The lowest BCUT2D eigenvalue weighted by molar-refractivity contribution is 0.242. The third-order valence-electron chi connectivity index (χ3n) is 3.27. The van der Waals surface area contributed by atoms with E-state index >= 15 is 0 Å². The van der Waals surface area contributed by atoms with Crippen LogP contribution in [0.15, 0.2) is 59.0 Å². The minimum Gasteiger partial charge on any atom is -0.491 e. The highest BCUT2D eigenvalue weighted by Crippen LogP contribution is 2.25. The molecule has 0 radical (unpaired) electrons. The molecule has 3 aromatic rings. The highest BCUT2D eigenvalue weighted by molar-refractivity contribution is 7.14. The third kappa shape index (κ3) is 5.05. The summed E-state index contributed by atoms with van der Waals surface area (Å²) in [5.41, 5.74) is 5.87. The summed E-state index contributed by atoms with van der Waals surface area (Å²) in [5, 5.41) is 7.67. The van der Waals surface area contributed by atoms with E-state index in [0.717, 1.165) is 27.7 Å². The maximum absolute atomic E-state index is 5.91. The number of hydrazone groups is 1. The molecule has 0 aliphatic heterocycles. The molecule has 128 valence electrons. The number of ether oxygens (including phenoxy) is 1. The van der Waals surface area contributed by atoms with Crippen LogP contribution in [0.3, 0.4) is 0 Å². The van der Waals surface area contributed by atoms with Crippen molar-refractivity contribution < 1.29 is 4.74 Å². The van der Waals surface area contributed by atoms with Crippen molar-refractivity contribution in [3.05, 3.63) is 64.5 Å². The molecule has 2 aromatic carbocycles. The summed E-state index contributed by atoms with van der Waals surface area (Å²) in [6.07, 6.45) is 1.92. The van der Waals surface area contributed by atoms with E-state index in [4.69, 9.17) is 16.3 Å². The summed E-state index contributed by atoms with van der Waals surface area (Å²) in [7, 11) is 0. The fraction of sp³-hybridized carbons (Fsp3) is 0.158. The predicted molar refractivity (Wildman–Crippen MR) is 106 cm³/mol. The minimum absolute atomic E-state index is 0.168. The van der Waals surface area contributed by atoms with Gasteiger partial charge < -0.3 is 4.74 Å². The molecule has 1 aromatic heterocycles. The van der Waals surface area contributed by atoms with Gasteiger partial charge in [0.05, 0.1) is 18.0 Å². The molecule has 0 unspecified atom stereocenters. The Morgan fingerprint density at radius 3 is 2.52 bits per heavy atom. The largest absolute Gasteiger partial charge is 0.491 e. The highest BCUT2D eigenvalue weighted by atomic mass is 35.5. The average Bonchev–Trinajstić information content (AvgIpc) is 3.05. The van der Waals surface area contributed by atoms with Crippen LogP contribution in [0.25, 0.3) is 11.3 Å². The number of hydrogen-bond donors (Lipinski definition) is 1. The molecule has 0 amide bonds. The standard InChI is InChI=1S/C19H18ClN3OS/c1-13(2)24-17-9-3-14(4-10-17)11-21-23-19-22-18(12-25-19)15-5-7-16(20)8-6-15/h3-13H,1-2H3,(H,22,23)/b21-11+. The van der Waals surface area contributed by atoms with Crippen LogP contribution in [-0.4, -0.2) is 17.3 Å². The second kappa shape index (κ2) is 8.14. The molecular weight excluding hydrogens is 354 g/mol. The van der Waals surface area contributed by atoms with Crippen LogP contribution in [0, 0.1) is 0 Å². The lowest BCUT2D eigenvalue weighted by Gasteiger charge is -2.08. The first kappa shape index (κ1) is 17.5. The average molecular weight is 372 g/mol. The van der Waals surface area contributed by atoms with E-state index in [9.17, 15) is 0 Å². The van der Waals surface area contributed by atoms with E-state index in [2.05, 4.69) is 15.5 Å². The SMILES string of the molecule is CC(C)Oc1ccc(/C=N/Nc2nc(-c3ccc(Cl)cc3)cs2)cc1. The van der Waals surface area contributed by atoms with Crippen LogP contribution < -0.4 is 10.2 Å². The van der Waals surface area contributed by atoms with Crippen molar-refractivity contribution in [1.29, 1.82) is 0 Å². The number of anilines is 1. The second-order valence-corrected chi connectivity index (χ2v) is 6.94. The Morgan fingerprint density at radius 1 is 1.12 bits per heavy atom.